The molecule has 2 heterocycles. The predicted octanol–water partition coefficient (Wildman–Crippen LogP) is 3.63. The van der Waals surface area contributed by atoms with Crippen molar-refractivity contribution in [1.82, 2.24) is 4.90 Å². The molecule has 1 aromatic rings. The van der Waals surface area contributed by atoms with Crippen molar-refractivity contribution < 1.29 is 18.8 Å². The molecule has 27 heavy (non-hydrogen) atoms. The van der Waals surface area contributed by atoms with Gasteiger partial charge in [0, 0.05) is 19.0 Å². The zero-order valence-corrected chi connectivity index (χ0v) is 17.9. The lowest BCUT2D eigenvalue weighted by Crippen LogP contribution is -2.50. The molecular formula is C21H32BNO4. The molecule has 1 aromatic carbocycles. The largest absolute Gasteiger partial charge is 0.494 e. The van der Waals surface area contributed by atoms with Gasteiger partial charge in [-0.1, -0.05) is 18.2 Å². The van der Waals surface area contributed by atoms with Crippen molar-refractivity contribution in [2.45, 2.75) is 78.1 Å². The van der Waals surface area contributed by atoms with Crippen LogP contribution < -0.4 is 5.46 Å². The molecule has 1 amide bonds. The fourth-order valence-corrected chi connectivity index (χ4v) is 3.43. The topological polar surface area (TPSA) is 48.0 Å². The van der Waals surface area contributed by atoms with Crippen LogP contribution in [0.5, 0.6) is 0 Å². The first kappa shape index (κ1) is 20.2. The number of rotatable bonds is 2. The minimum Gasteiger partial charge on any atom is -0.444 e. The monoisotopic (exact) mass is 373 g/mol. The van der Waals surface area contributed by atoms with E-state index in [0.717, 1.165) is 5.46 Å². The molecular weight excluding hydrogens is 341 g/mol. The van der Waals surface area contributed by atoms with Crippen LogP contribution >= 0.6 is 0 Å². The normalized spacial score (nSPS) is 21.9. The summed E-state index contributed by atoms with van der Waals surface area (Å²) in [6, 6.07) is 6.38. The van der Waals surface area contributed by atoms with Gasteiger partial charge in [-0.2, -0.15) is 0 Å². The smallest absolute Gasteiger partial charge is 0.444 e. The number of amides is 1. The third-order valence-corrected chi connectivity index (χ3v) is 5.79. The first-order valence-corrected chi connectivity index (χ1v) is 9.73. The van der Waals surface area contributed by atoms with Crippen molar-refractivity contribution in [3.63, 3.8) is 0 Å². The molecule has 0 aromatic heterocycles. The highest BCUT2D eigenvalue weighted by atomic mass is 16.7. The van der Waals surface area contributed by atoms with E-state index in [1.165, 1.54) is 11.1 Å². The van der Waals surface area contributed by atoms with E-state index in [1.807, 2.05) is 20.8 Å². The second-order valence-corrected chi connectivity index (χ2v) is 9.79. The van der Waals surface area contributed by atoms with Crippen molar-refractivity contribution >= 4 is 18.7 Å². The Morgan fingerprint density at radius 1 is 1.15 bits per heavy atom. The number of ether oxygens (including phenoxy) is 1. The molecule has 6 heteroatoms. The van der Waals surface area contributed by atoms with Gasteiger partial charge in [0.1, 0.15) is 5.60 Å². The molecule has 2 aliphatic rings. The Kier molecular flexibility index (Phi) is 4.88. The highest BCUT2D eigenvalue weighted by molar-refractivity contribution is 6.62. The SMILES string of the molecule is Cc1cc(B2OC(C)(C)C(C)(C)O2)ccc1C1CN(C(=O)OC(C)(C)C)C1. The van der Waals surface area contributed by atoms with Gasteiger partial charge in [0.05, 0.1) is 11.2 Å². The summed E-state index contributed by atoms with van der Waals surface area (Å²) >= 11 is 0. The maximum absolute atomic E-state index is 12.1. The van der Waals surface area contributed by atoms with Crippen LogP contribution in [0.1, 0.15) is 65.5 Å². The van der Waals surface area contributed by atoms with Gasteiger partial charge in [0.15, 0.2) is 0 Å². The third-order valence-electron chi connectivity index (χ3n) is 5.79. The van der Waals surface area contributed by atoms with Crippen molar-refractivity contribution in [3.8, 4) is 0 Å². The zero-order valence-electron chi connectivity index (χ0n) is 17.9. The maximum Gasteiger partial charge on any atom is 0.494 e. The third kappa shape index (κ3) is 4.02. The summed E-state index contributed by atoms with van der Waals surface area (Å²) in [4.78, 5) is 13.9. The summed E-state index contributed by atoms with van der Waals surface area (Å²) in [6.07, 6.45) is -0.231. The summed E-state index contributed by atoms with van der Waals surface area (Å²) in [5.41, 5.74) is 2.38. The first-order valence-electron chi connectivity index (χ1n) is 9.73. The second kappa shape index (κ2) is 6.52. The van der Waals surface area contributed by atoms with Gasteiger partial charge in [0.25, 0.3) is 0 Å². The summed E-state index contributed by atoms with van der Waals surface area (Å²) in [7, 11) is -0.345. The van der Waals surface area contributed by atoms with E-state index in [-0.39, 0.29) is 24.4 Å². The van der Waals surface area contributed by atoms with E-state index in [9.17, 15) is 4.79 Å². The number of benzene rings is 1. The summed E-state index contributed by atoms with van der Waals surface area (Å²) in [5.74, 6) is 0.352. The molecule has 0 atom stereocenters. The van der Waals surface area contributed by atoms with Gasteiger partial charge < -0.3 is 18.9 Å². The standard InChI is InChI=1S/C21H32BNO4/c1-14-11-16(22-26-20(5,6)21(7,8)27-22)9-10-17(14)15-12-23(13-15)18(24)25-19(2,3)4/h9-11,15H,12-13H2,1-8H3. The lowest BCUT2D eigenvalue weighted by Gasteiger charge is -2.40. The molecule has 2 aliphatic heterocycles. The fraction of sp³-hybridized carbons (Fsp3) is 0.667. The quantitative estimate of drug-likeness (QED) is 0.743. The van der Waals surface area contributed by atoms with Crippen LogP contribution in [0.25, 0.3) is 0 Å². The molecule has 0 unspecified atom stereocenters. The number of hydrogen-bond acceptors (Lipinski definition) is 4. The Labute approximate surface area is 163 Å². The van der Waals surface area contributed by atoms with Crippen molar-refractivity contribution in [1.29, 1.82) is 0 Å². The van der Waals surface area contributed by atoms with Crippen LogP contribution in [0.3, 0.4) is 0 Å². The second-order valence-electron chi connectivity index (χ2n) is 9.79. The van der Waals surface area contributed by atoms with Gasteiger partial charge in [-0.3, -0.25) is 0 Å². The lowest BCUT2D eigenvalue weighted by molar-refractivity contribution is 0.00578. The number of likely N-dealkylation sites (tertiary alicyclic amines) is 1. The van der Waals surface area contributed by atoms with Gasteiger partial charge in [0.2, 0.25) is 0 Å². The average molecular weight is 373 g/mol. The predicted molar refractivity (Wildman–Crippen MR) is 107 cm³/mol. The number of carbonyl (C=O) groups excluding carboxylic acids is 1. The Hall–Kier alpha value is -1.53. The van der Waals surface area contributed by atoms with Crippen molar-refractivity contribution in [3.05, 3.63) is 29.3 Å². The average Bonchev–Trinajstić information content (AvgIpc) is 2.65. The van der Waals surface area contributed by atoms with E-state index < -0.39 is 5.60 Å². The van der Waals surface area contributed by atoms with Gasteiger partial charge in [-0.25, -0.2) is 4.79 Å². The fourth-order valence-electron chi connectivity index (χ4n) is 3.43. The summed E-state index contributed by atoms with van der Waals surface area (Å²) in [5, 5.41) is 0. The molecule has 0 N–H and O–H groups in total. The van der Waals surface area contributed by atoms with Crippen LogP contribution in [0, 0.1) is 6.92 Å². The molecule has 2 saturated heterocycles. The minimum atomic E-state index is -0.456. The molecule has 0 bridgehead atoms. The Balaban J connectivity index is 1.65. The molecule has 0 saturated carbocycles. The molecule has 0 spiro atoms. The van der Waals surface area contributed by atoms with Crippen LogP contribution in [0.4, 0.5) is 4.79 Å². The van der Waals surface area contributed by atoms with Gasteiger partial charge >= 0.3 is 13.2 Å². The number of hydrogen-bond donors (Lipinski definition) is 0. The Morgan fingerprint density at radius 3 is 2.19 bits per heavy atom. The molecule has 2 fully saturated rings. The van der Waals surface area contributed by atoms with E-state index in [0.29, 0.717) is 19.0 Å². The Bertz CT molecular complexity index is 716. The van der Waals surface area contributed by atoms with E-state index in [2.05, 4.69) is 52.8 Å². The van der Waals surface area contributed by atoms with E-state index in [4.69, 9.17) is 14.0 Å². The van der Waals surface area contributed by atoms with Crippen molar-refractivity contribution in [2.24, 2.45) is 0 Å². The van der Waals surface area contributed by atoms with Crippen LogP contribution in [-0.2, 0) is 14.0 Å². The minimum absolute atomic E-state index is 0.231. The molecule has 148 valence electrons. The zero-order chi connectivity index (χ0) is 20.2. The highest BCUT2D eigenvalue weighted by Gasteiger charge is 2.51. The van der Waals surface area contributed by atoms with Crippen molar-refractivity contribution in [2.75, 3.05) is 13.1 Å². The number of carbonyl (C=O) groups is 1. The Morgan fingerprint density at radius 2 is 1.70 bits per heavy atom. The summed E-state index contributed by atoms with van der Waals surface area (Å²) < 4.78 is 17.7. The van der Waals surface area contributed by atoms with E-state index >= 15 is 0 Å². The maximum atomic E-state index is 12.1. The highest BCUT2D eigenvalue weighted by Crippen LogP contribution is 2.37. The lowest BCUT2D eigenvalue weighted by atomic mass is 9.76. The number of aryl methyl sites for hydroxylation is 1. The van der Waals surface area contributed by atoms with Gasteiger partial charge in [-0.15, -0.1) is 0 Å². The first-order chi connectivity index (χ1) is 12.3. The number of nitrogens with zero attached hydrogens (tertiary/aromatic N) is 1. The van der Waals surface area contributed by atoms with E-state index in [1.54, 1.807) is 4.90 Å². The molecule has 0 aliphatic carbocycles. The molecule has 3 rings (SSSR count). The summed E-state index contributed by atoms with van der Waals surface area (Å²) in [6.45, 7) is 17.4. The van der Waals surface area contributed by atoms with Gasteiger partial charge in [-0.05, 0) is 72.0 Å². The van der Waals surface area contributed by atoms with Crippen LogP contribution in [0.2, 0.25) is 0 Å². The van der Waals surface area contributed by atoms with Crippen LogP contribution in [0.15, 0.2) is 18.2 Å². The molecule has 0 radical (unpaired) electrons. The van der Waals surface area contributed by atoms with Crippen LogP contribution in [-0.4, -0.2) is 48.0 Å². The molecule has 5 nitrogen and oxygen atoms in total.